The first-order chi connectivity index (χ1) is 10.6. The molecule has 22 heavy (non-hydrogen) atoms. The molecule has 1 aliphatic rings. The van der Waals surface area contributed by atoms with Gasteiger partial charge in [-0.05, 0) is 19.4 Å². The van der Waals surface area contributed by atoms with Crippen LogP contribution in [0, 0.1) is 6.92 Å². The average molecular weight is 306 g/mol. The zero-order chi connectivity index (χ0) is 15.9. The van der Waals surface area contributed by atoms with Crippen LogP contribution in [0.2, 0.25) is 0 Å². The number of anilines is 1. The molecule has 0 radical (unpaired) electrons. The Hall–Kier alpha value is -2.18. The molecule has 1 aromatic heterocycles. The molecule has 120 valence electrons. The summed E-state index contributed by atoms with van der Waals surface area (Å²) in [5, 5.41) is 0. The Kier molecular flexibility index (Phi) is 5.68. The zero-order valence-electron chi connectivity index (χ0n) is 13.1. The summed E-state index contributed by atoms with van der Waals surface area (Å²) in [4.78, 5) is 35.0. The Morgan fingerprint density at radius 3 is 2.68 bits per heavy atom. The topological polar surface area (TPSA) is 75.6 Å². The van der Waals surface area contributed by atoms with Crippen LogP contribution < -0.4 is 4.90 Å². The number of unbranched alkanes of at least 4 members (excludes halogenated alkanes) is 1. The van der Waals surface area contributed by atoms with Gasteiger partial charge in [-0.15, -0.1) is 0 Å². The van der Waals surface area contributed by atoms with E-state index < -0.39 is 0 Å². The number of hydrogen-bond acceptors (Lipinski definition) is 6. The highest BCUT2D eigenvalue weighted by Gasteiger charge is 2.23. The van der Waals surface area contributed by atoms with Gasteiger partial charge < -0.3 is 14.5 Å². The lowest BCUT2D eigenvalue weighted by molar-refractivity contribution is 0.0988. The zero-order valence-corrected chi connectivity index (χ0v) is 13.1. The van der Waals surface area contributed by atoms with Crippen molar-refractivity contribution in [2.45, 2.75) is 26.7 Å². The maximum atomic E-state index is 11.9. The van der Waals surface area contributed by atoms with Crippen LogP contribution in [0.1, 0.15) is 35.9 Å². The van der Waals surface area contributed by atoms with Gasteiger partial charge in [0.2, 0.25) is 5.95 Å². The lowest BCUT2D eigenvalue weighted by Crippen LogP contribution is -2.49. The first-order valence-corrected chi connectivity index (χ1v) is 7.61. The van der Waals surface area contributed by atoms with Crippen molar-refractivity contribution >= 4 is 18.3 Å². The summed E-state index contributed by atoms with van der Waals surface area (Å²) in [6.45, 7) is 6.76. The molecule has 0 spiro atoms. The van der Waals surface area contributed by atoms with Crippen molar-refractivity contribution in [3.05, 3.63) is 17.5 Å². The Morgan fingerprint density at radius 1 is 1.32 bits per heavy atom. The fraction of sp³-hybridized carbons (Fsp3) is 0.600. The van der Waals surface area contributed by atoms with E-state index >= 15 is 0 Å². The van der Waals surface area contributed by atoms with Crippen LogP contribution in [0.25, 0.3) is 0 Å². The van der Waals surface area contributed by atoms with Crippen molar-refractivity contribution in [3.63, 3.8) is 0 Å². The normalized spacial score (nSPS) is 14.8. The lowest BCUT2D eigenvalue weighted by Gasteiger charge is -2.34. The van der Waals surface area contributed by atoms with Gasteiger partial charge >= 0.3 is 6.09 Å². The first kappa shape index (κ1) is 16.2. The molecule has 0 N–H and O–H groups in total. The van der Waals surface area contributed by atoms with E-state index in [1.165, 1.54) is 0 Å². The number of aromatic nitrogens is 2. The Labute approximate surface area is 130 Å². The number of carbonyl (C=O) groups excluding carboxylic acids is 2. The maximum absolute atomic E-state index is 11.9. The van der Waals surface area contributed by atoms with E-state index in [-0.39, 0.29) is 6.09 Å². The van der Waals surface area contributed by atoms with Gasteiger partial charge in [-0.25, -0.2) is 14.8 Å². The minimum atomic E-state index is -0.258. The minimum absolute atomic E-state index is 0.258. The van der Waals surface area contributed by atoms with Crippen LogP contribution in [0.3, 0.4) is 0 Å². The molecule has 1 aromatic rings. The van der Waals surface area contributed by atoms with Crippen molar-refractivity contribution in [2.75, 3.05) is 37.7 Å². The molecule has 0 saturated carbocycles. The number of rotatable bonds is 5. The molecule has 0 bridgehead atoms. The largest absolute Gasteiger partial charge is 0.449 e. The van der Waals surface area contributed by atoms with E-state index in [0.29, 0.717) is 44.4 Å². The second-order valence-corrected chi connectivity index (χ2v) is 5.29. The standard InChI is InChI=1S/C15H22N4O3/c1-3-4-9-22-15(21)19-7-5-18(6-8-19)14-16-12(2)10-13(11-20)17-14/h10-11H,3-9H2,1-2H3. The molecule has 0 aromatic carbocycles. The molecule has 0 atom stereocenters. The fourth-order valence-electron chi connectivity index (χ4n) is 2.26. The summed E-state index contributed by atoms with van der Waals surface area (Å²) in [6.07, 6.45) is 2.36. The molecule has 7 nitrogen and oxygen atoms in total. The SMILES string of the molecule is CCCCOC(=O)N1CCN(c2nc(C)cc(C=O)n2)CC1. The van der Waals surface area contributed by atoms with E-state index in [4.69, 9.17) is 4.74 Å². The van der Waals surface area contributed by atoms with Crippen molar-refractivity contribution < 1.29 is 14.3 Å². The van der Waals surface area contributed by atoms with E-state index in [0.717, 1.165) is 24.8 Å². The first-order valence-electron chi connectivity index (χ1n) is 7.61. The molecule has 0 unspecified atom stereocenters. The molecule has 0 aliphatic carbocycles. The highest BCUT2D eigenvalue weighted by molar-refractivity contribution is 5.72. The molecule has 2 heterocycles. The third-order valence-corrected chi connectivity index (χ3v) is 3.53. The number of ether oxygens (including phenoxy) is 1. The number of carbonyl (C=O) groups is 2. The number of hydrogen-bond donors (Lipinski definition) is 0. The van der Waals surface area contributed by atoms with Crippen LogP contribution in [-0.2, 0) is 4.74 Å². The van der Waals surface area contributed by atoms with E-state index in [2.05, 4.69) is 16.9 Å². The lowest BCUT2D eigenvalue weighted by atomic mass is 10.3. The third kappa shape index (κ3) is 4.16. The van der Waals surface area contributed by atoms with Crippen LogP contribution in [-0.4, -0.2) is 60.0 Å². The van der Waals surface area contributed by atoms with Gasteiger partial charge in [0.25, 0.3) is 0 Å². The number of nitrogens with zero attached hydrogens (tertiary/aromatic N) is 4. The molecule has 1 aliphatic heterocycles. The summed E-state index contributed by atoms with van der Waals surface area (Å²) >= 11 is 0. The second-order valence-electron chi connectivity index (χ2n) is 5.29. The van der Waals surface area contributed by atoms with E-state index in [1.54, 1.807) is 11.0 Å². The van der Waals surface area contributed by atoms with Crippen molar-refractivity contribution in [3.8, 4) is 0 Å². The van der Waals surface area contributed by atoms with Gasteiger partial charge in [0.1, 0.15) is 5.69 Å². The minimum Gasteiger partial charge on any atom is -0.449 e. The quantitative estimate of drug-likeness (QED) is 0.608. The second kappa shape index (κ2) is 7.72. The Balaban J connectivity index is 1.90. The average Bonchev–Trinajstić information content (AvgIpc) is 2.54. The summed E-state index contributed by atoms with van der Waals surface area (Å²) in [7, 11) is 0. The van der Waals surface area contributed by atoms with Crippen molar-refractivity contribution in [1.29, 1.82) is 0 Å². The monoisotopic (exact) mass is 306 g/mol. The summed E-state index contributed by atoms with van der Waals surface area (Å²) in [5.74, 6) is 0.543. The maximum Gasteiger partial charge on any atom is 0.409 e. The van der Waals surface area contributed by atoms with Gasteiger partial charge in [-0.3, -0.25) is 4.79 Å². The van der Waals surface area contributed by atoms with Gasteiger partial charge in [0.15, 0.2) is 6.29 Å². The van der Waals surface area contributed by atoms with Gasteiger partial charge in [0.05, 0.1) is 6.61 Å². The highest BCUT2D eigenvalue weighted by Crippen LogP contribution is 2.13. The number of piperazine rings is 1. The molecule has 1 amide bonds. The van der Waals surface area contributed by atoms with Crippen molar-refractivity contribution in [1.82, 2.24) is 14.9 Å². The van der Waals surface area contributed by atoms with Crippen molar-refractivity contribution in [2.24, 2.45) is 0 Å². The summed E-state index contributed by atoms with van der Waals surface area (Å²) in [6, 6.07) is 1.65. The summed E-state index contributed by atoms with van der Waals surface area (Å²) in [5.41, 5.74) is 1.14. The molecule has 7 heteroatoms. The number of aryl methyl sites for hydroxylation is 1. The van der Waals surface area contributed by atoms with E-state index in [9.17, 15) is 9.59 Å². The third-order valence-electron chi connectivity index (χ3n) is 3.53. The molecular weight excluding hydrogens is 284 g/mol. The smallest absolute Gasteiger partial charge is 0.409 e. The number of aldehydes is 1. The number of amides is 1. The van der Waals surface area contributed by atoms with Crippen LogP contribution in [0.5, 0.6) is 0 Å². The molecule has 1 saturated heterocycles. The Morgan fingerprint density at radius 2 is 2.05 bits per heavy atom. The van der Waals surface area contributed by atoms with Crippen LogP contribution in [0.4, 0.5) is 10.7 Å². The van der Waals surface area contributed by atoms with Crippen LogP contribution in [0.15, 0.2) is 6.07 Å². The van der Waals surface area contributed by atoms with Crippen LogP contribution >= 0.6 is 0 Å². The van der Waals surface area contributed by atoms with Gasteiger partial charge in [-0.2, -0.15) is 0 Å². The van der Waals surface area contributed by atoms with E-state index in [1.807, 2.05) is 11.8 Å². The highest BCUT2D eigenvalue weighted by atomic mass is 16.6. The summed E-state index contributed by atoms with van der Waals surface area (Å²) < 4.78 is 5.21. The predicted molar refractivity (Wildman–Crippen MR) is 82.2 cm³/mol. The fourth-order valence-corrected chi connectivity index (χ4v) is 2.26. The predicted octanol–water partition coefficient (Wildman–Crippen LogP) is 1.66. The molecule has 1 fully saturated rings. The van der Waals surface area contributed by atoms with Gasteiger partial charge in [0, 0.05) is 31.9 Å². The molecular formula is C15H22N4O3. The molecule has 2 rings (SSSR count). The Bertz CT molecular complexity index is 528. The van der Waals surface area contributed by atoms with Gasteiger partial charge in [-0.1, -0.05) is 13.3 Å².